The fraction of sp³-hybridized carbons (Fsp3) is 0.692. The van der Waals surface area contributed by atoms with Crippen LogP contribution in [0, 0.1) is 0 Å². The molecule has 0 radical (unpaired) electrons. The van der Waals surface area contributed by atoms with E-state index in [1.807, 2.05) is 0 Å². The predicted molar refractivity (Wildman–Crippen MR) is 64.7 cm³/mol. The Morgan fingerprint density at radius 2 is 2.33 bits per heavy atom. The van der Waals surface area contributed by atoms with Crippen LogP contribution in [-0.2, 0) is 23.8 Å². The molecule has 0 spiro atoms. The van der Waals surface area contributed by atoms with Crippen molar-refractivity contribution in [3.8, 4) is 0 Å². The summed E-state index contributed by atoms with van der Waals surface area (Å²) in [5, 5.41) is 0. The second-order valence-corrected chi connectivity index (χ2v) is 4.28. The Morgan fingerprint density at radius 3 is 2.89 bits per heavy atom. The summed E-state index contributed by atoms with van der Waals surface area (Å²) in [6.07, 6.45) is 3.51. The van der Waals surface area contributed by atoms with Gasteiger partial charge in [0.15, 0.2) is 0 Å². The molecule has 0 aromatic heterocycles. The number of cyclic esters (lactones) is 1. The molecular formula is C13H20O5. The van der Waals surface area contributed by atoms with E-state index in [2.05, 4.69) is 6.92 Å². The van der Waals surface area contributed by atoms with Crippen LogP contribution in [0.4, 0.5) is 0 Å². The van der Waals surface area contributed by atoms with Gasteiger partial charge in [0.25, 0.3) is 0 Å². The van der Waals surface area contributed by atoms with Gasteiger partial charge in [0.2, 0.25) is 0 Å². The molecule has 1 heterocycles. The molecule has 0 N–H and O–H groups in total. The zero-order chi connectivity index (χ0) is 13.5. The van der Waals surface area contributed by atoms with Gasteiger partial charge < -0.3 is 14.2 Å². The van der Waals surface area contributed by atoms with Gasteiger partial charge in [-0.3, -0.25) is 4.79 Å². The molecule has 1 aliphatic rings. The zero-order valence-corrected chi connectivity index (χ0v) is 11.1. The lowest BCUT2D eigenvalue weighted by Crippen LogP contribution is -2.37. The topological polar surface area (TPSA) is 61.8 Å². The first kappa shape index (κ1) is 14.5. The minimum Gasteiger partial charge on any atom is -0.501 e. The van der Waals surface area contributed by atoms with Crippen molar-refractivity contribution in [2.45, 2.75) is 51.7 Å². The second kappa shape index (κ2) is 7.03. The van der Waals surface area contributed by atoms with Gasteiger partial charge in [-0.1, -0.05) is 13.3 Å². The van der Waals surface area contributed by atoms with E-state index in [1.165, 1.54) is 20.1 Å². The lowest BCUT2D eigenvalue weighted by molar-refractivity contribution is -0.166. The monoisotopic (exact) mass is 256 g/mol. The SMILES string of the molecule is CCCC[C@H](OC(C)=O)[C@@H]1CC(OC)=CC(=O)O1. The lowest BCUT2D eigenvalue weighted by Gasteiger charge is -2.29. The average molecular weight is 256 g/mol. The largest absolute Gasteiger partial charge is 0.501 e. The molecule has 0 aliphatic carbocycles. The molecule has 0 unspecified atom stereocenters. The molecule has 0 fully saturated rings. The second-order valence-electron chi connectivity index (χ2n) is 4.28. The van der Waals surface area contributed by atoms with Gasteiger partial charge in [0.05, 0.1) is 13.2 Å². The van der Waals surface area contributed by atoms with Gasteiger partial charge >= 0.3 is 11.9 Å². The summed E-state index contributed by atoms with van der Waals surface area (Å²) in [5.41, 5.74) is 0. The van der Waals surface area contributed by atoms with Crippen molar-refractivity contribution in [3.63, 3.8) is 0 Å². The summed E-state index contributed by atoms with van der Waals surface area (Å²) in [6.45, 7) is 3.41. The molecule has 0 saturated carbocycles. The number of rotatable bonds is 6. The number of carbonyl (C=O) groups is 2. The van der Waals surface area contributed by atoms with Crippen molar-refractivity contribution in [2.75, 3.05) is 7.11 Å². The summed E-state index contributed by atoms with van der Waals surface area (Å²) in [5.74, 6) is -0.248. The van der Waals surface area contributed by atoms with E-state index in [9.17, 15) is 9.59 Å². The van der Waals surface area contributed by atoms with E-state index in [0.717, 1.165) is 12.8 Å². The number of carbonyl (C=O) groups excluding carboxylic acids is 2. The molecule has 0 aromatic rings. The first-order valence-corrected chi connectivity index (χ1v) is 6.19. The van der Waals surface area contributed by atoms with Crippen LogP contribution in [0.25, 0.3) is 0 Å². The summed E-state index contributed by atoms with van der Waals surface area (Å²) in [4.78, 5) is 22.5. The van der Waals surface area contributed by atoms with Crippen molar-refractivity contribution in [2.24, 2.45) is 0 Å². The molecule has 102 valence electrons. The van der Waals surface area contributed by atoms with Crippen LogP contribution >= 0.6 is 0 Å². The highest BCUT2D eigenvalue weighted by molar-refractivity contribution is 5.83. The van der Waals surface area contributed by atoms with Gasteiger partial charge in [-0.25, -0.2) is 4.79 Å². The first-order valence-electron chi connectivity index (χ1n) is 6.19. The summed E-state index contributed by atoms with van der Waals surface area (Å²) in [6, 6.07) is 0. The van der Waals surface area contributed by atoms with E-state index >= 15 is 0 Å². The molecule has 0 amide bonds. The Balaban J connectivity index is 2.69. The van der Waals surface area contributed by atoms with Gasteiger partial charge in [-0.15, -0.1) is 0 Å². The minimum atomic E-state index is -0.451. The molecule has 18 heavy (non-hydrogen) atoms. The predicted octanol–water partition coefficient (Wildman–Crippen LogP) is 1.95. The lowest BCUT2D eigenvalue weighted by atomic mass is 10.0. The third kappa shape index (κ3) is 4.39. The van der Waals surface area contributed by atoms with Gasteiger partial charge in [-0.2, -0.15) is 0 Å². The van der Waals surface area contributed by atoms with E-state index < -0.39 is 18.2 Å². The molecule has 0 aromatic carbocycles. The summed E-state index contributed by atoms with van der Waals surface area (Å²) >= 11 is 0. The number of esters is 2. The summed E-state index contributed by atoms with van der Waals surface area (Å²) in [7, 11) is 1.51. The van der Waals surface area contributed by atoms with Gasteiger partial charge in [-0.05, 0) is 12.8 Å². The van der Waals surface area contributed by atoms with Crippen molar-refractivity contribution < 1.29 is 23.8 Å². The Kier molecular flexibility index (Phi) is 5.68. The Bertz CT molecular complexity index is 334. The maximum Gasteiger partial charge on any atom is 0.334 e. The fourth-order valence-corrected chi connectivity index (χ4v) is 1.90. The Hall–Kier alpha value is -1.52. The highest BCUT2D eigenvalue weighted by atomic mass is 16.6. The van der Waals surface area contributed by atoms with Crippen molar-refractivity contribution in [1.82, 2.24) is 0 Å². The average Bonchev–Trinajstić information content (AvgIpc) is 2.33. The first-order chi connectivity index (χ1) is 8.56. The smallest absolute Gasteiger partial charge is 0.334 e. The molecule has 2 atom stereocenters. The van der Waals surface area contributed by atoms with Crippen molar-refractivity contribution >= 4 is 11.9 Å². The molecule has 5 heteroatoms. The van der Waals surface area contributed by atoms with Gasteiger partial charge in [0.1, 0.15) is 18.0 Å². The molecular weight excluding hydrogens is 236 g/mol. The zero-order valence-electron chi connectivity index (χ0n) is 11.1. The molecule has 5 nitrogen and oxygen atoms in total. The number of unbranched alkanes of at least 4 members (excludes halogenated alkanes) is 1. The molecule has 1 rings (SSSR count). The maximum absolute atomic E-state index is 11.4. The van der Waals surface area contributed by atoms with Gasteiger partial charge in [0, 0.05) is 13.3 Å². The van der Waals surface area contributed by atoms with Crippen LogP contribution < -0.4 is 0 Å². The van der Waals surface area contributed by atoms with Crippen LogP contribution in [0.2, 0.25) is 0 Å². The number of hydrogen-bond donors (Lipinski definition) is 0. The number of methoxy groups -OCH3 is 1. The normalized spacial score (nSPS) is 20.7. The van der Waals surface area contributed by atoms with Crippen LogP contribution in [0.1, 0.15) is 39.5 Å². The van der Waals surface area contributed by atoms with Crippen LogP contribution in [0.15, 0.2) is 11.8 Å². The Morgan fingerprint density at radius 1 is 1.61 bits per heavy atom. The molecule has 0 saturated heterocycles. The Labute approximate surface area is 107 Å². The highest BCUT2D eigenvalue weighted by Crippen LogP contribution is 2.23. The van der Waals surface area contributed by atoms with Crippen LogP contribution in [-0.4, -0.2) is 31.3 Å². The fourth-order valence-electron chi connectivity index (χ4n) is 1.90. The van der Waals surface area contributed by atoms with Crippen molar-refractivity contribution in [3.05, 3.63) is 11.8 Å². The van der Waals surface area contributed by atoms with E-state index in [4.69, 9.17) is 14.2 Å². The summed E-state index contributed by atoms with van der Waals surface area (Å²) < 4.78 is 15.5. The third-order valence-electron chi connectivity index (χ3n) is 2.79. The molecule has 0 bridgehead atoms. The van der Waals surface area contributed by atoms with E-state index in [-0.39, 0.29) is 5.97 Å². The highest BCUT2D eigenvalue weighted by Gasteiger charge is 2.31. The minimum absolute atomic E-state index is 0.360. The number of hydrogen-bond acceptors (Lipinski definition) is 5. The van der Waals surface area contributed by atoms with E-state index in [0.29, 0.717) is 18.6 Å². The quantitative estimate of drug-likeness (QED) is 0.680. The third-order valence-corrected chi connectivity index (χ3v) is 2.79. The molecule has 1 aliphatic heterocycles. The maximum atomic E-state index is 11.4. The van der Waals surface area contributed by atoms with Crippen molar-refractivity contribution in [1.29, 1.82) is 0 Å². The van der Waals surface area contributed by atoms with Crippen LogP contribution in [0.5, 0.6) is 0 Å². The van der Waals surface area contributed by atoms with E-state index in [1.54, 1.807) is 0 Å². The number of ether oxygens (including phenoxy) is 3. The van der Waals surface area contributed by atoms with Crippen LogP contribution in [0.3, 0.4) is 0 Å². The standard InChI is InChI=1S/C13H20O5/c1-4-5-6-11(17-9(2)14)12-7-10(16-3)8-13(15)18-12/h8,11-12H,4-7H2,1-3H3/t11-,12-/m0/s1.